The van der Waals surface area contributed by atoms with Crippen molar-refractivity contribution in [1.82, 2.24) is 0 Å². The van der Waals surface area contributed by atoms with Crippen molar-refractivity contribution in [3.8, 4) is 11.5 Å². The number of carbonyl (C=O) groups excluding carboxylic acids is 1. The number of hydrogen-bond donors (Lipinski definition) is 2. The summed E-state index contributed by atoms with van der Waals surface area (Å²) in [6.07, 6.45) is 0. The monoisotopic (exact) mass is 442 g/mol. The molecule has 5 nitrogen and oxygen atoms in total. The molecule has 0 fully saturated rings. The maximum atomic E-state index is 13.2. The van der Waals surface area contributed by atoms with E-state index in [0.29, 0.717) is 35.2 Å². The average Bonchev–Trinajstić information content (AvgIpc) is 2.73. The molecule has 0 radical (unpaired) electrons. The molecule has 3 aromatic carbocycles. The quantitative estimate of drug-likeness (QED) is 0.425. The number of benzene rings is 3. The first kappa shape index (κ1) is 22.4. The second-order valence-corrected chi connectivity index (χ2v) is 7.26. The van der Waals surface area contributed by atoms with Crippen molar-refractivity contribution >= 4 is 28.9 Å². The zero-order valence-corrected chi connectivity index (χ0v) is 18.1. The molecule has 0 aromatic heterocycles. The van der Waals surface area contributed by atoms with Gasteiger partial charge in [-0.1, -0.05) is 23.7 Å². The molecule has 0 atom stereocenters. The zero-order valence-electron chi connectivity index (χ0n) is 17.4. The van der Waals surface area contributed by atoms with Crippen molar-refractivity contribution < 1.29 is 18.7 Å². The Bertz CT molecular complexity index is 1040. The lowest BCUT2D eigenvalue weighted by Crippen LogP contribution is -2.06. The maximum absolute atomic E-state index is 13.2. The summed E-state index contributed by atoms with van der Waals surface area (Å²) in [5, 5.41) is 6.40. The largest absolute Gasteiger partial charge is 0.490 e. The number of rotatable bonds is 9. The van der Waals surface area contributed by atoms with Crippen LogP contribution in [-0.2, 0) is 17.9 Å². The lowest BCUT2D eigenvalue weighted by Gasteiger charge is -2.15. The van der Waals surface area contributed by atoms with E-state index in [2.05, 4.69) is 10.6 Å². The highest BCUT2D eigenvalue weighted by molar-refractivity contribution is 6.31. The van der Waals surface area contributed by atoms with Gasteiger partial charge in [-0.2, -0.15) is 0 Å². The standard InChI is InChI=1S/C24H24ClFN2O3/c1-3-30-24-12-17(14-27-20-7-9-21(10-8-20)28-16(2)29)4-11-23(24)31-15-18-5-6-19(26)13-22(18)25/h4-13,27H,3,14-15H2,1-2H3,(H,28,29). The minimum Gasteiger partial charge on any atom is -0.490 e. The van der Waals surface area contributed by atoms with E-state index in [0.717, 1.165) is 16.9 Å². The van der Waals surface area contributed by atoms with Crippen LogP contribution in [0.25, 0.3) is 0 Å². The summed E-state index contributed by atoms with van der Waals surface area (Å²) in [5.74, 6) is 0.727. The van der Waals surface area contributed by atoms with Crippen LogP contribution in [-0.4, -0.2) is 12.5 Å². The van der Waals surface area contributed by atoms with E-state index in [-0.39, 0.29) is 18.3 Å². The predicted octanol–water partition coefficient (Wildman–Crippen LogP) is 6.03. The first-order valence-corrected chi connectivity index (χ1v) is 10.3. The third kappa shape index (κ3) is 6.62. The number of ether oxygens (including phenoxy) is 2. The Morgan fingerprint density at radius 3 is 2.39 bits per heavy atom. The molecular weight excluding hydrogens is 419 g/mol. The number of amides is 1. The van der Waals surface area contributed by atoms with Crippen LogP contribution in [0.4, 0.5) is 15.8 Å². The van der Waals surface area contributed by atoms with E-state index < -0.39 is 0 Å². The number of anilines is 2. The number of halogens is 2. The second-order valence-electron chi connectivity index (χ2n) is 6.85. The van der Waals surface area contributed by atoms with Gasteiger partial charge in [-0.25, -0.2) is 4.39 Å². The molecule has 0 aliphatic carbocycles. The summed E-state index contributed by atoms with van der Waals surface area (Å²) < 4.78 is 24.8. The molecule has 1 amide bonds. The van der Waals surface area contributed by atoms with Gasteiger partial charge in [0.15, 0.2) is 11.5 Å². The molecule has 2 N–H and O–H groups in total. The van der Waals surface area contributed by atoms with E-state index in [1.54, 1.807) is 6.07 Å². The first-order valence-electron chi connectivity index (χ1n) is 9.88. The molecule has 0 saturated carbocycles. The van der Waals surface area contributed by atoms with E-state index in [1.165, 1.54) is 19.1 Å². The van der Waals surface area contributed by atoms with E-state index in [9.17, 15) is 9.18 Å². The normalized spacial score (nSPS) is 10.5. The van der Waals surface area contributed by atoms with E-state index in [1.807, 2.05) is 49.4 Å². The molecule has 7 heteroatoms. The van der Waals surface area contributed by atoms with Gasteiger partial charge in [0.25, 0.3) is 0 Å². The molecular formula is C24H24ClFN2O3. The average molecular weight is 443 g/mol. The molecule has 0 saturated heterocycles. The number of hydrogen-bond acceptors (Lipinski definition) is 4. The third-order valence-corrected chi connectivity index (χ3v) is 4.76. The summed E-state index contributed by atoms with van der Waals surface area (Å²) in [6, 6.07) is 17.4. The van der Waals surface area contributed by atoms with E-state index in [4.69, 9.17) is 21.1 Å². The summed E-state index contributed by atoms with van der Waals surface area (Å²) >= 11 is 6.08. The Labute approximate surface area is 186 Å². The van der Waals surface area contributed by atoms with Crippen molar-refractivity contribution in [2.45, 2.75) is 27.0 Å². The van der Waals surface area contributed by atoms with Crippen molar-refractivity contribution in [2.24, 2.45) is 0 Å². The summed E-state index contributed by atoms with van der Waals surface area (Å²) in [5.41, 5.74) is 3.39. The van der Waals surface area contributed by atoms with Crippen LogP contribution >= 0.6 is 11.6 Å². The van der Waals surface area contributed by atoms with Gasteiger partial charge >= 0.3 is 0 Å². The molecule has 0 heterocycles. The molecule has 0 bridgehead atoms. The minimum atomic E-state index is -0.384. The van der Waals surface area contributed by atoms with Gasteiger partial charge in [0, 0.05) is 30.4 Å². The van der Waals surface area contributed by atoms with Gasteiger partial charge in [-0.15, -0.1) is 0 Å². The molecule has 0 aliphatic heterocycles. The minimum absolute atomic E-state index is 0.104. The lowest BCUT2D eigenvalue weighted by molar-refractivity contribution is -0.114. The number of carbonyl (C=O) groups is 1. The van der Waals surface area contributed by atoms with Crippen molar-refractivity contribution in [2.75, 3.05) is 17.2 Å². The lowest BCUT2D eigenvalue weighted by atomic mass is 10.2. The summed E-state index contributed by atoms with van der Waals surface area (Å²) in [4.78, 5) is 11.1. The smallest absolute Gasteiger partial charge is 0.221 e. The Kier molecular flexibility index (Phi) is 7.73. The van der Waals surface area contributed by atoms with Crippen molar-refractivity contribution in [1.29, 1.82) is 0 Å². The van der Waals surface area contributed by atoms with Gasteiger partial charge in [0.2, 0.25) is 5.91 Å². The Balaban J connectivity index is 1.64. The van der Waals surface area contributed by atoms with Gasteiger partial charge in [-0.3, -0.25) is 4.79 Å². The molecule has 0 unspecified atom stereocenters. The Hall–Kier alpha value is -3.25. The van der Waals surface area contributed by atoms with Gasteiger partial charge in [0.05, 0.1) is 11.6 Å². The third-order valence-electron chi connectivity index (χ3n) is 4.41. The predicted molar refractivity (Wildman–Crippen MR) is 121 cm³/mol. The molecule has 0 aliphatic rings. The van der Waals surface area contributed by atoms with Crippen LogP contribution < -0.4 is 20.1 Å². The Morgan fingerprint density at radius 1 is 0.968 bits per heavy atom. The van der Waals surface area contributed by atoms with Crippen LogP contribution in [0.2, 0.25) is 5.02 Å². The topological polar surface area (TPSA) is 59.6 Å². The fraction of sp³-hybridized carbons (Fsp3) is 0.208. The first-order chi connectivity index (χ1) is 14.9. The van der Waals surface area contributed by atoms with Crippen LogP contribution in [0.3, 0.4) is 0 Å². The van der Waals surface area contributed by atoms with Gasteiger partial charge in [0.1, 0.15) is 12.4 Å². The highest BCUT2D eigenvalue weighted by Crippen LogP contribution is 2.30. The van der Waals surface area contributed by atoms with Crippen LogP contribution in [0, 0.1) is 5.82 Å². The summed E-state index contributed by atoms with van der Waals surface area (Å²) in [7, 11) is 0. The number of nitrogens with one attached hydrogen (secondary N) is 2. The SMILES string of the molecule is CCOc1cc(CNc2ccc(NC(C)=O)cc2)ccc1OCc1ccc(F)cc1Cl. The fourth-order valence-electron chi connectivity index (χ4n) is 2.92. The second kappa shape index (κ2) is 10.7. The molecule has 3 rings (SSSR count). The highest BCUT2D eigenvalue weighted by atomic mass is 35.5. The van der Waals surface area contributed by atoms with Crippen molar-refractivity contribution in [3.63, 3.8) is 0 Å². The van der Waals surface area contributed by atoms with Crippen LogP contribution in [0.15, 0.2) is 60.7 Å². The van der Waals surface area contributed by atoms with Crippen LogP contribution in [0.5, 0.6) is 11.5 Å². The molecule has 0 spiro atoms. The Morgan fingerprint density at radius 2 is 1.71 bits per heavy atom. The van der Waals surface area contributed by atoms with Gasteiger partial charge in [-0.05, 0) is 61.0 Å². The fourth-order valence-corrected chi connectivity index (χ4v) is 3.14. The highest BCUT2D eigenvalue weighted by Gasteiger charge is 2.09. The van der Waals surface area contributed by atoms with Crippen LogP contribution in [0.1, 0.15) is 25.0 Å². The molecule has 3 aromatic rings. The van der Waals surface area contributed by atoms with Gasteiger partial charge < -0.3 is 20.1 Å². The molecule has 162 valence electrons. The van der Waals surface area contributed by atoms with Crippen molar-refractivity contribution in [3.05, 3.63) is 82.6 Å². The zero-order chi connectivity index (χ0) is 22.2. The summed E-state index contributed by atoms with van der Waals surface area (Å²) in [6.45, 7) is 4.67. The molecule has 31 heavy (non-hydrogen) atoms. The maximum Gasteiger partial charge on any atom is 0.221 e. The van der Waals surface area contributed by atoms with E-state index >= 15 is 0 Å².